The molecule has 3 atom stereocenters. The molecule has 0 amide bonds. The van der Waals surface area contributed by atoms with E-state index in [1.807, 2.05) is 6.08 Å². The largest absolute Gasteiger partial charge is 0.619 e. The van der Waals surface area contributed by atoms with E-state index >= 15 is 0 Å². The molecule has 0 saturated heterocycles. The third-order valence-corrected chi connectivity index (χ3v) is 4.20. The summed E-state index contributed by atoms with van der Waals surface area (Å²) in [7, 11) is -5.33. The molecule has 0 spiro atoms. The second-order valence-corrected chi connectivity index (χ2v) is 5.25. The van der Waals surface area contributed by atoms with Crippen molar-refractivity contribution >= 4 is 9.08 Å². The van der Waals surface area contributed by atoms with Gasteiger partial charge in [0.15, 0.2) is 0 Å². The quantitative estimate of drug-likeness (QED) is 0.329. The Morgan fingerprint density at radius 3 is 2.09 bits per heavy atom. The average molecular weight is 178 g/mol. The van der Waals surface area contributed by atoms with Crippen LogP contribution in [0.3, 0.4) is 0 Å². The summed E-state index contributed by atoms with van der Waals surface area (Å²) in [5.74, 6) is 0.103. The maximum atomic E-state index is 12.3. The fraction of sp³-hybridized carbons (Fsp3) is 0.714. The Kier molecular flexibility index (Phi) is 1.43. The van der Waals surface area contributed by atoms with Crippen LogP contribution in [0, 0.1) is 11.8 Å². The minimum Gasteiger partial charge on any atom is -0.237 e. The first-order valence-corrected chi connectivity index (χ1v) is 5.53. The van der Waals surface area contributed by atoms with Gasteiger partial charge in [0.2, 0.25) is 0 Å². The lowest BCUT2D eigenvalue weighted by atomic mass is 10.1. The molecule has 0 aliphatic heterocycles. The molecule has 0 aromatic carbocycles. The summed E-state index contributed by atoms with van der Waals surface area (Å²) >= 11 is 0. The normalized spacial score (nSPS) is 41.9. The highest BCUT2D eigenvalue weighted by Crippen LogP contribution is 2.52. The number of halogens is 3. The lowest BCUT2D eigenvalue weighted by Crippen LogP contribution is -2.26. The molecule has 0 aromatic heterocycles. The van der Waals surface area contributed by atoms with Crippen LogP contribution in [0.1, 0.15) is 12.8 Å². The van der Waals surface area contributed by atoms with E-state index in [9.17, 15) is 12.3 Å². The van der Waals surface area contributed by atoms with Gasteiger partial charge >= 0.3 is 9.08 Å². The lowest BCUT2D eigenvalue weighted by Gasteiger charge is -2.17. The van der Waals surface area contributed by atoms with Crippen molar-refractivity contribution in [2.24, 2.45) is 11.8 Å². The van der Waals surface area contributed by atoms with E-state index in [1.54, 1.807) is 6.08 Å². The topological polar surface area (TPSA) is 0 Å². The molecule has 0 N–H and O–H groups in total. The van der Waals surface area contributed by atoms with Gasteiger partial charge in [-0.25, -0.2) is 12.3 Å². The Morgan fingerprint density at radius 2 is 1.82 bits per heavy atom. The molecule has 2 rings (SSSR count). The molecule has 1 fully saturated rings. The van der Waals surface area contributed by atoms with E-state index in [-0.39, 0.29) is 11.8 Å². The van der Waals surface area contributed by atoms with Gasteiger partial charge in [-0.1, -0.05) is 12.2 Å². The molecule has 62 valence electrons. The van der Waals surface area contributed by atoms with Crippen LogP contribution < -0.4 is 0 Å². The van der Waals surface area contributed by atoms with Crippen LogP contribution in [-0.4, -0.2) is 9.08 Å². The van der Waals surface area contributed by atoms with Crippen molar-refractivity contribution in [3.8, 4) is 0 Å². The Labute approximate surface area is 64.6 Å². The van der Waals surface area contributed by atoms with Crippen molar-refractivity contribution in [1.82, 2.24) is 0 Å². The number of rotatable bonds is 1. The maximum Gasteiger partial charge on any atom is 0.619 e. The fourth-order valence-corrected chi connectivity index (χ4v) is 3.46. The summed E-state index contributed by atoms with van der Waals surface area (Å²) in [5.41, 5.74) is -0.905. The van der Waals surface area contributed by atoms with Gasteiger partial charge in [-0.05, 0) is 24.7 Å². The second kappa shape index (κ2) is 2.12. The van der Waals surface area contributed by atoms with Crippen molar-refractivity contribution in [3.05, 3.63) is 12.2 Å². The van der Waals surface area contributed by atoms with Crippen LogP contribution in [0.5, 0.6) is 0 Å². The number of fused-ring (bicyclic) bond motifs is 2. The van der Waals surface area contributed by atoms with E-state index in [2.05, 4.69) is 0 Å². The van der Waals surface area contributed by atoms with E-state index in [0.29, 0.717) is 6.42 Å². The highest BCUT2D eigenvalue weighted by molar-refractivity contribution is 6.60. The Morgan fingerprint density at radius 1 is 1.09 bits per heavy atom. The lowest BCUT2D eigenvalue weighted by molar-refractivity contribution is 0.410. The van der Waals surface area contributed by atoms with Gasteiger partial charge in [0, 0.05) is 5.54 Å². The maximum absolute atomic E-state index is 12.3. The number of allylic oxidation sites excluding steroid dienone is 2. The summed E-state index contributed by atoms with van der Waals surface area (Å²) < 4.78 is 37.0. The zero-order valence-electron chi connectivity index (χ0n) is 5.93. The summed E-state index contributed by atoms with van der Waals surface area (Å²) in [5, 5.41) is 0. The van der Waals surface area contributed by atoms with Crippen molar-refractivity contribution in [1.29, 1.82) is 0 Å². The smallest absolute Gasteiger partial charge is 0.237 e. The van der Waals surface area contributed by atoms with Crippen molar-refractivity contribution in [3.63, 3.8) is 0 Å². The van der Waals surface area contributed by atoms with Gasteiger partial charge in [0.1, 0.15) is 0 Å². The summed E-state index contributed by atoms with van der Waals surface area (Å²) in [6.45, 7) is 0. The molecular weight excluding hydrogens is 169 g/mol. The summed E-state index contributed by atoms with van der Waals surface area (Å²) in [6, 6.07) is 0. The first-order valence-electron chi connectivity index (χ1n) is 3.82. The van der Waals surface area contributed by atoms with Crippen LogP contribution in [-0.2, 0) is 0 Å². The fourth-order valence-electron chi connectivity index (χ4n) is 2.16. The van der Waals surface area contributed by atoms with E-state index < -0.39 is 14.6 Å². The molecule has 2 bridgehead atoms. The molecule has 0 radical (unpaired) electrons. The zero-order chi connectivity index (χ0) is 8.06. The molecule has 11 heavy (non-hydrogen) atoms. The van der Waals surface area contributed by atoms with Gasteiger partial charge in [-0.15, -0.1) is 0 Å². The van der Waals surface area contributed by atoms with Gasteiger partial charge in [-0.3, -0.25) is 0 Å². The third kappa shape index (κ3) is 1.13. The van der Waals surface area contributed by atoms with Gasteiger partial charge in [0.05, 0.1) is 0 Å². The van der Waals surface area contributed by atoms with Gasteiger partial charge in [0.25, 0.3) is 0 Å². The van der Waals surface area contributed by atoms with Crippen molar-refractivity contribution < 1.29 is 12.3 Å². The minimum atomic E-state index is -5.33. The van der Waals surface area contributed by atoms with E-state index in [4.69, 9.17) is 0 Å². The monoisotopic (exact) mass is 178 g/mol. The molecule has 0 nitrogen and oxygen atoms in total. The molecule has 2 aliphatic carbocycles. The third-order valence-electron chi connectivity index (χ3n) is 2.70. The molecule has 0 heterocycles. The minimum absolute atomic E-state index is 0.147. The highest BCUT2D eigenvalue weighted by atomic mass is 28.5. The summed E-state index contributed by atoms with van der Waals surface area (Å²) in [4.78, 5) is 0. The highest BCUT2D eigenvalue weighted by Gasteiger charge is 2.55. The van der Waals surface area contributed by atoms with Crippen LogP contribution in [0.25, 0.3) is 0 Å². The molecular formula is C7H9F3Si. The number of hydrogen-bond donors (Lipinski definition) is 0. The standard InChI is InChI=1S/C7H9F3Si/c8-11(9,10)7-4-5-1-2-6(7)3-5/h1-2,5-7H,3-4H2/t5-,6+,7-/m0/s1. The Bertz CT molecular complexity index is 196. The predicted molar refractivity (Wildman–Crippen MR) is 38.2 cm³/mol. The molecule has 2 aliphatic rings. The molecule has 0 aromatic rings. The molecule has 0 unspecified atom stereocenters. The van der Waals surface area contributed by atoms with E-state index in [1.165, 1.54) is 0 Å². The average Bonchev–Trinajstić information content (AvgIpc) is 2.42. The Hall–Kier alpha value is -0.253. The van der Waals surface area contributed by atoms with Crippen molar-refractivity contribution in [2.75, 3.05) is 0 Å². The van der Waals surface area contributed by atoms with Crippen LogP contribution >= 0.6 is 0 Å². The zero-order valence-corrected chi connectivity index (χ0v) is 6.93. The predicted octanol–water partition coefficient (Wildman–Crippen LogP) is 2.80. The molecule has 1 saturated carbocycles. The Balaban J connectivity index is 2.15. The molecule has 4 heteroatoms. The van der Waals surface area contributed by atoms with Crippen LogP contribution in [0.4, 0.5) is 12.3 Å². The SMILES string of the molecule is F[Si](F)(F)[C@H]1C[C@H]2C=C[C@@H]1C2. The number of hydrogen-bond acceptors (Lipinski definition) is 0. The first kappa shape index (κ1) is 7.40. The van der Waals surface area contributed by atoms with Crippen LogP contribution in [0.2, 0.25) is 5.54 Å². The van der Waals surface area contributed by atoms with Crippen molar-refractivity contribution in [2.45, 2.75) is 18.4 Å². The second-order valence-electron chi connectivity index (χ2n) is 3.43. The van der Waals surface area contributed by atoms with Gasteiger partial charge < -0.3 is 0 Å². The first-order chi connectivity index (χ1) is 5.07. The van der Waals surface area contributed by atoms with Gasteiger partial charge in [-0.2, -0.15) is 0 Å². The summed E-state index contributed by atoms with van der Waals surface area (Å²) in [6.07, 6.45) is 4.86. The van der Waals surface area contributed by atoms with E-state index in [0.717, 1.165) is 6.42 Å². The van der Waals surface area contributed by atoms with Crippen LogP contribution in [0.15, 0.2) is 12.2 Å².